The van der Waals surface area contributed by atoms with E-state index in [1.54, 1.807) is 0 Å². The Hall–Kier alpha value is -1.06. The molecule has 1 fully saturated rings. The van der Waals surface area contributed by atoms with Crippen LogP contribution in [0.15, 0.2) is 18.2 Å². The average molecular weight is 294 g/mol. The van der Waals surface area contributed by atoms with Crippen molar-refractivity contribution in [3.63, 3.8) is 0 Å². The number of hydrogen-bond donors (Lipinski definition) is 1. The Balaban J connectivity index is 1.82. The van der Waals surface area contributed by atoms with Gasteiger partial charge in [-0.15, -0.1) is 0 Å². The third-order valence-corrected chi connectivity index (χ3v) is 4.48. The van der Waals surface area contributed by atoms with Crippen LogP contribution < -0.4 is 5.32 Å². The fraction of sp³-hybridized carbons (Fsp3) is 0.562. The molecule has 4 heteroatoms. The normalized spacial score (nSPS) is 24.5. The quantitative estimate of drug-likeness (QED) is 0.849. The van der Waals surface area contributed by atoms with Crippen molar-refractivity contribution in [3.8, 4) is 0 Å². The molecule has 1 atom stereocenters. The molecule has 2 aliphatic rings. The molecule has 0 aliphatic heterocycles. The molecule has 0 spiro atoms. The first-order valence-electron chi connectivity index (χ1n) is 7.32. The van der Waals surface area contributed by atoms with Crippen LogP contribution in [0.25, 0.3) is 0 Å². The minimum atomic E-state index is -0.592. The molecule has 0 bridgehead atoms. The third-order valence-electron chi connectivity index (χ3n) is 4.24. The maximum Gasteiger partial charge on any atom is 0.327 e. The fourth-order valence-electron chi connectivity index (χ4n) is 2.92. The Morgan fingerprint density at radius 2 is 2.15 bits per heavy atom. The van der Waals surface area contributed by atoms with Crippen LogP contribution in [0.5, 0.6) is 0 Å². The monoisotopic (exact) mass is 293 g/mol. The predicted molar refractivity (Wildman–Crippen MR) is 79.0 cm³/mol. The number of carbonyl (C=O) groups excluding carboxylic acids is 1. The zero-order valence-electron chi connectivity index (χ0n) is 11.7. The number of fused-ring (bicyclic) bond motifs is 1. The highest BCUT2D eigenvalue weighted by Crippen LogP contribution is 2.35. The van der Waals surface area contributed by atoms with E-state index in [1.807, 2.05) is 25.1 Å². The van der Waals surface area contributed by atoms with Crippen LogP contribution in [-0.2, 0) is 22.4 Å². The van der Waals surface area contributed by atoms with Gasteiger partial charge in [-0.25, -0.2) is 0 Å². The summed E-state index contributed by atoms with van der Waals surface area (Å²) >= 11 is 6.06. The minimum absolute atomic E-state index is 0.132. The number of carbonyl (C=O) groups is 1. The van der Waals surface area contributed by atoms with Gasteiger partial charge < -0.3 is 10.1 Å². The Bertz CT molecular complexity index is 527. The zero-order valence-corrected chi connectivity index (χ0v) is 12.5. The molecule has 0 aromatic heterocycles. The van der Waals surface area contributed by atoms with E-state index in [2.05, 4.69) is 5.32 Å². The lowest BCUT2D eigenvalue weighted by atomic mass is 9.95. The zero-order chi connectivity index (χ0) is 14.2. The lowest BCUT2D eigenvalue weighted by molar-refractivity contribution is -0.150. The van der Waals surface area contributed by atoms with Gasteiger partial charge in [0.2, 0.25) is 0 Å². The van der Waals surface area contributed by atoms with Crippen molar-refractivity contribution in [3.05, 3.63) is 34.3 Å². The van der Waals surface area contributed by atoms with Crippen molar-refractivity contribution in [2.45, 2.75) is 38.1 Å². The second kappa shape index (κ2) is 5.38. The molecule has 1 unspecified atom stereocenters. The summed E-state index contributed by atoms with van der Waals surface area (Å²) in [5, 5.41) is 4.22. The molecule has 3 rings (SSSR count). The second-order valence-corrected chi connectivity index (χ2v) is 6.33. The fourth-order valence-corrected chi connectivity index (χ4v) is 3.11. The summed E-state index contributed by atoms with van der Waals surface area (Å²) in [6, 6.07) is 5.89. The van der Waals surface area contributed by atoms with Crippen LogP contribution in [0.3, 0.4) is 0 Å². The van der Waals surface area contributed by atoms with E-state index in [4.69, 9.17) is 16.3 Å². The molecule has 0 radical (unpaired) electrons. The number of benzene rings is 1. The molecule has 20 heavy (non-hydrogen) atoms. The number of rotatable bonds is 5. The van der Waals surface area contributed by atoms with Crippen LogP contribution in [0.2, 0.25) is 5.02 Å². The van der Waals surface area contributed by atoms with Gasteiger partial charge in [-0.2, -0.15) is 0 Å². The topological polar surface area (TPSA) is 38.3 Å². The molecule has 1 aromatic carbocycles. The molecule has 1 saturated carbocycles. The Kier molecular flexibility index (Phi) is 3.74. The molecule has 1 aromatic rings. The predicted octanol–water partition coefficient (Wildman–Crippen LogP) is 2.74. The van der Waals surface area contributed by atoms with E-state index < -0.39 is 5.54 Å². The largest absolute Gasteiger partial charge is 0.465 e. The van der Waals surface area contributed by atoms with Gasteiger partial charge in [0, 0.05) is 17.9 Å². The number of hydrogen-bond acceptors (Lipinski definition) is 3. The summed E-state index contributed by atoms with van der Waals surface area (Å²) in [5.74, 6) is 0.599. The number of nitrogens with one attached hydrogen (secondary N) is 1. The molecule has 1 N–H and O–H groups in total. The molecule has 2 aliphatic carbocycles. The van der Waals surface area contributed by atoms with E-state index in [-0.39, 0.29) is 5.97 Å². The number of esters is 1. The molecule has 108 valence electrons. The van der Waals surface area contributed by atoms with E-state index in [0.29, 0.717) is 19.4 Å². The summed E-state index contributed by atoms with van der Waals surface area (Å²) < 4.78 is 5.31. The van der Waals surface area contributed by atoms with E-state index in [1.165, 1.54) is 18.4 Å². The highest BCUT2D eigenvalue weighted by Gasteiger charge is 2.45. The van der Waals surface area contributed by atoms with Gasteiger partial charge in [0.05, 0.1) is 6.61 Å². The van der Waals surface area contributed by atoms with Crippen LogP contribution in [0.4, 0.5) is 0 Å². The SMILES string of the molecule is CCOC(=O)C1(NCC2CC2)Cc2ccc(Cl)cc2C1. The summed E-state index contributed by atoms with van der Waals surface area (Å²) in [5.41, 5.74) is 1.77. The first-order valence-corrected chi connectivity index (χ1v) is 7.70. The van der Waals surface area contributed by atoms with Gasteiger partial charge in [-0.05, 0) is 55.5 Å². The summed E-state index contributed by atoms with van der Waals surface area (Å²) in [7, 11) is 0. The standard InChI is InChI=1S/C16H20ClNO2/c1-2-20-15(19)16(18-10-11-3-4-11)8-12-5-6-14(17)7-13(12)9-16/h5-7,11,18H,2-4,8-10H2,1H3. The molecular weight excluding hydrogens is 274 g/mol. The first-order chi connectivity index (χ1) is 9.63. The van der Waals surface area contributed by atoms with Crippen LogP contribution in [0, 0.1) is 5.92 Å². The lowest BCUT2D eigenvalue weighted by Crippen LogP contribution is -2.54. The van der Waals surface area contributed by atoms with Gasteiger partial charge in [-0.3, -0.25) is 4.79 Å². The van der Waals surface area contributed by atoms with E-state index >= 15 is 0 Å². The van der Waals surface area contributed by atoms with Crippen molar-refractivity contribution < 1.29 is 9.53 Å². The molecular formula is C16H20ClNO2. The van der Waals surface area contributed by atoms with Gasteiger partial charge in [0.25, 0.3) is 0 Å². The smallest absolute Gasteiger partial charge is 0.327 e. The highest BCUT2D eigenvalue weighted by molar-refractivity contribution is 6.30. The summed E-state index contributed by atoms with van der Waals surface area (Å²) in [4.78, 5) is 12.4. The third kappa shape index (κ3) is 2.70. The summed E-state index contributed by atoms with van der Waals surface area (Å²) in [6.07, 6.45) is 3.91. The van der Waals surface area contributed by atoms with Gasteiger partial charge in [0.1, 0.15) is 5.54 Å². The average Bonchev–Trinajstić information content (AvgIpc) is 3.17. The Morgan fingerprint density at radius 1 is 1.40 bits per heavy atom. The first kappa shape index (κ1) is 13.9. The Morgan fingerprint density at radius 3 is 2.85 bits per heavy atom. The van der Waals surface area contributed by atoms with Gasteiger partial charge >= 0.3 is 5.97 Å². The molecule has 0 amide bonds. The molecule has 0 heterocycles. The highest BCUT2D eigenvalue weighted by atomic mass is 35.5. The maximum absolute atomic E-state index is 12.4. The maximum atomic E-state index is 12.4. The van der Waals surface area contributed by atoms with Crippen molar-refractivity contribution in [1.82, 2.24) is 5.32 Å². The summed E-state index contributed by atoms with van der Waals surface area (Å²) in [6.45, 7) is 3.18. The second-order valence-electron chi connectivity index (χ2n) is 5.89. The number of ether oxygens (including phenoxy) is 1. The Labute approximate surface area is 124 Å². The van der Waals surface area contributed by atoms with Crippen molar-refractivity contribution in [1.29, 1.82) is 0 Å². The lowest BCUT2D eigenvalue weighted by Gasteiger charge is -2.28. The van der Waals surface area contributed by atoms with Gasteiger partial charge in [-0.1, -0.05) is 17.7 Å². The van der Waals surface area contributed by atoms with Crippen molar-refractivity contribution in [2.75, 3.05) is 13.2 Å². The molecule has 0 saturated heterocycles. The van der Waals surface area contributed by atoms with Crippen molar-refractivity contribution in [2.24, 2.45) is 5.92 Å². The minimum Gasteiger partial charge on any atom is -0.465 e. The van der Waals surface area contributed by atoms with Crippen molar-refractivity contribution >= 4 is 17.6 Å². The molecule has 3 nitrogen and oxygen atoms in total. The van der Waals surface area contributed by atoms with E-state index in [0.717, 1.165) is 23.0 Å². The van der Waals surface area contributed by atoms with Crippen LogP contribution >= 0.6 is 11.6 Å². The van der Waals surface area contributed by atoms with Crippen LogP contribution in [0.1, 0.15) is 30.9 Å². The number of halogens is 1. The van der Waals surface area contributed by atoms with E-state index in [9.17, 15) is 4.79 Å². The van der Waals surface area contributed by atoms with Gasteiger partial charge in [0.15, 0.2) is 0 Å². The van der Waals surface area contributed by atoms with Crippen LogP contribution in [-0.4, -0.2) is 24.7 Å².